The first kappa shape index (κ1) is 28.2. The first-order valence-corrected chi connectivity index (χ1v) is 12.6. The summed E-state index contributed by atoms with van der Waals surface area (Å²) in [5.41, 5.74) is 0.962. The van der Waals surface area contributed by atoms with Gasteiger partial charge < -0.3 is 18.9 Å². The van der Waals surface area contributed by atoms with Crippen LogP contribution in [0.2, 0.25) is 5.02 Å². The molecule has 1 amide bonds. The van der Waals surface area contributed by atoms with Gasteiger partial charge in [0.1, 0.15) is 5.03 Å². The average Bonchev–Trinajstić information content (AvgIpc) is 3.19. The van der Waals surface area contributed by atoms with Gasteiger partial charge in [-0.25, -0.2) is 9.97 Å². The lowest BCUT2D eigenvalue weighted by molar-refractivity contribution is -0.137. The molecular formula is C24H28ClF3N4O3S. The molecule has 2 heterocycles. The minimum atomic E-state index is -4.54. The normalized spacial score (nSPS) is 12.0. The van der Waals surface area contributed by atoms with Crippen molar-refractivity contribution in [3.63, 3.8) is 0 Å². The van der Waals surface area contributed by atoms with E-state index in [0.717, 1.165) is 29.5 Å². The topological polar surface area (TPSA) is 69.5 Å². The molecule has 12 heteroatoms. The van der Waals surface area contributed by atoms with Gasteiger partial charge >= 0.3 is 6.18 Å². The fourth-order valence-corrected chi connectivity index (χ4v) is 4.88. The minimum absolute atomic E-state index is 0.0962. The number of imidazole rings is 1. The largest absolute Gasteiger partial charge is 0.417 e. The number of amides is 1. The van der Waals surface area contributed by atoms with Crippen molar-refractivity contribution < 1.29 is 27.4 Å². The van der Waals surface area contributed by atoms with Gasteiger partial charge in [-0.1, -0.05) is 11.6 Å². The number of fused-ring (bicyclic) bond motifs is 1. The van der Waals surface area contributed by atoms with Gasteiger partial charge in [-0.15, -0.1) is 0 Å². The molecule has 0 N–H and O–H groups in total. The predicted octanol–water partition coefficient (Wildman–Crippen LogP) is 6.14. The highest BCUT2D eigenvalue weighted by atomic mass is 35.5. The van der Waals surface area contributed by atoms with E-state index in [1.807, 2.05) is 24.5 Å². The summed E-state index contributed by atoms with van der Waals surface area (Å²) in [5.74, 6) is -0.0962. The number of halogens is 4. The Morgan fingerprint density at radius 2 is 1.89 bits per heavy atom. The quantitative estimate of drug-likeness (QED) is 0.270. The smallest absolute Gasteiger partial charge is 0.356 e. The van der Waals surface area contributed by atoms with Gasteiger partial charge in [0.25, 0.3) is 5.91 Å². The van der Waals surface area contributed by atoms with Gasteiger partial charge in [0.2, 0.25) is 0 Å². The molecule has 0 aliphatic rings. The van der Waals surface area contributed by atoms with E-state index in [9.17, 15) is 18.0 Å². The molecule has 0 saturated carbocycles. The molecule has 196 valence electrons. The molecule has 0 spiro atoms. The van der Waals surface area contributed by atoms with E-state index in [1.165, 1.54) is 0 Å². The third-order valence-corrected chi connectivity index (χ3v) is 7.09. The number of hydrogen-bond acceptors (Lipinski definition) is 6. The number of carbonyl (C=O) groups excluding carboxylic acids is 1. The standard InChI is InChI=1S/C24H28ClF3N4O3S/c1-5-31(6-2)22(33)15-9-10-19-18(12-15)30-23(32(19)11-7-8-20(34-3)35-4)36-21-17(25)13-16(14-29-21)24(26,27)28/h9-10,12-14,20H,5-8,11H2,1-4H3. The van der Waals surface area contributed by atoms with Gasteiger partial charge in [0, 0.05) is 52.0 Å². The van der Waals surface area contributed by atoms with Gasteiger partial charge in [-0.3, -0.25) is 4.79 Å². The fourth-order valence-electron chi connectivity index (χ4n) is 3.72. The Balaban J connectivity index is 1.98. The van der Waals surface area contributed by atoms with Crippen LogP contribution in [0.3, 0.4) is 0 Å². The van der Waals surface area contributed by atoms with Crippen LogP contribution in [0.4, 0.5) is 13.2 Å². The highest BCUT2D eigenvalue weighted by Crippen LogP contribution is 2.37. The molecular weight excluding hydrogens is 517 g/mol. The SMILES string of the molecule is CCN(CC)C(=O)c1ccc2c(c1)nc(Sc1ncc(C(F)(F)F)cc1Cl)n2CCCC(OC)OC. The van der Waals surface area contributed by atoms with Crippen LogP contribution in [0.5, 0.6) is 0 Å². The van der Waals surface area contributed by atoms with Crippen LogP contribution in [-0.4, -0.2) is 58.9 Å². The maximum Gasteiger partial charge on any atom is 0.417 e. The second-order valence-electron chi connectivity index (χ2n) is 7.88. The van der Waals surface area contributed by atoms with E-state index in [-0.39, 0.29) is 22.2 Å². The van der Waals surface area contributed by atoms with E-state index in [2.05, 4.69) is 9.97 Å². The molecule has 0 radical (unpaired) electrons. The number of aromatic nitrogens is 3. The Hall–Kier alpha value is -2.34. The summed E-state index contributed by atoms with van der Waals surface area (Å²) in [6, 6.07) is 6.17. The predicted molar refractivity (Wildman–Crippen MR) is 132 cm³/mol. The maximum absolute atomic E-state index is 13.0. The highest BCUT2D eigenvalue weighted by Gasteiger charge is 2.32. The van der Waals surface area contributed by atoms with Crippen molar-refractivity contribution in [2.24, 2.45) is 0 Å². The second-order valence-corrected chi connectivity index (χ2v) is 9.24. The molecule has 0 atom stereocenters. The zero-order valence-electron chi connectivity index (χ0n) is 20.4. The molecule has 36 heavy (non-hydrogen) atoms. The zero-order chi connectivity index (χ0) is 26.5. The van der Waals surface area contributed by atoms with Gasteiger partial charge in [0.15, 0.2) is 11.4 Å². The van der Waals surface area contributed by atoms with Crippen LogP contribution in [0.15, 0.2) is 40.6 Å². The van der Waals surface area contributed by atoms with Crippen molar-refractivity contribution in [2.75, 3.05) is 27.3 Å². The summed E-state index contributed by atoms with van der Waals surface area (Å²) in [5, 5.41) is 0.579. The van der Waals surface area contributed by atoms with E-state index in [0.29, 0.717) is 48.7 Å². The Kier molecular flexibility index (Phi) is 9.62. The zero-order valence-corrected chi connectivity index (χ0v) is 22.0. The average molecular weight is 545 g/mol. The van der Waals surface area contributed by atoms with Crippen LogP contribution < -0.4 is 0 Å². The molecule has 0 saturated heterocycles. The number of rotatable bonds is 11. The van der Waals surface area contributed by atoms with E-state index in [1.54, 1.807) is 31.3 Å². The molecule has 7 nitrogen and oxygen atoms in total. The molecule has 0 bridgehead atoms. The van der Waals surface area contributed by atoms with Crippen LogP contribution in [0.1, 0.15) is 42.6 Å². The first-order valence-electron chi connectivity index (χ1n) is 11.4. The number of pyridine rings is 1. The van der Waals surface area contributed by atoms with Gasteiger partial charge in [-0.2, -0.15) is 13.2 Å². The van der Waals surface area contributed by atoms with E-state index < -0.39 is 11.7 Å². The summed E-state index contributed by atoms with van der Waals surface area (Å²) >= 11 is 7.22. The third-order valence-electron chi connectivity index (χ3n) is 5.68. The molecule has 0 unspecified atom stereocenters. The number of alkyl halides is 3. The first-order chi connectivity index (χ1) is 17.1. The Bertz CT molecular complexity index is 1200. The summed E-state index contributed by atoms with van der Waals surface area (Å²) < 4.78 is 51.5. The van der Waals surface area contributed by atoms with Crippen molar-refractivity contribution in [1.29, 1.82) is 0 Å². The number of aryl methyl sites for hydroxylation is 1. The number of ether oxygens (including phenoxy) is 2. The lowest BCUT2D eigenvalue weighted by Crippen LogP contribution is -2.30. The molecule has 1 aromatic carbocycles. The van der Waals surface area contributed by atoms with Crippen molar-refractivity contribution >= 4 is 40.3 Å². The lowest BCUT2D eigenvalue weighted by Gasteiger charge is -2.18. The van der Waals surface area contributed by atoms with Crippen molar-refractivity contribution in [2.45, 2.75) is 55.9 Å². The number of carbonyl (C=O) groups is 1. The van der Waals surface area contributed by atoms with E-state index in [4.69, 9.17) is 21.1 Å². The number of methoxy groups -OCH3 is 2. The van der Waals surface area contributed by atoms with Gasteiger partial charge in [0.05, 0.1) is 21.6 Å². The summed E-state index contributed by atoms with van der Waals surface area (Å²) in [6.45, 7) is 5.53. The lowest BCUT2D eigenvalue weighted by atomic mass is 10.1. The molecule has 2 aromatic heterocycles. The van der Waals surface area contributed by atoms with Crippen molar-refractivity contribution in [1.82, 2.24) is 19.4 Å². The fraction of sp³-hybridized carbons (Fsp3) is 0.458. The Labute approximate surface area is 216 Å². The number of hydrogen-bond donors (Lipinski definition) is 0. The van der Waals surface area contributed by atoms with Crippen LogP contribution >= 0.6 is 23.4 Å². The summed E-state index contributed by atoms with van der Waals surface area (Å²) in [6.07, 6.45) is -2.85. The maximum atomic E-state index is 13.0. The van der Waals surface area contributed by atoms with Crippen LogP contribution in [0, 0.1) is 0 Å². The van der Waals surface area contributed by atoms with Crippen molar-refractivity contribution in [3.8, 4) is 0 Å². The highest BCUT2D eigenvalue weighted by molar-refractivity contribution is 7.99. The monoisotopic (exact) mass is 544 g/mol. The van der Waals surface area contributed by atoms with Crippen LogP contribution in [-0.2, 0) is 22.2 Å². The third kappa shape index (κ3) is 6.50. The molecule has 0 aliphatic carbocycles. The number of nitrogens with zero attached hydrogens (tertiary/aromatic N) is 4. The Morgan fingerprint density at radius 3 is 2.47 bits per heavy atom. The molecule has 3 rings (SSSR count). The summed E-state index contributed by atoms with van der Waals surface area (Å²) in [4.78, 5) is 23.2. The second kappa shape index (κ2) is 12.3. The van der Waals surface area contributed by atoms with E-state index >= 15 is 0 Å². The van der Waals surface area contributed by atoms with Gasteiger partial charge in [-0.05, 0) is 56.3 Å². The number of benzene rings is 1. The van der Waals surface area contributed by atoms with Crippen molar-refractivity contribution in [3.05, 3.63) is 46.6 Å². The molecule has 0 aliphatic heterocycles. The van der Waals surface area contributed by atoms with Crippen LogP contribution in [0.25, 0.3) is 11.0 Å². The minimum Gasteiger partial charge on any atom is -0.356 e. The molecule has 0 fully saturated rings. The molecule has 3 aromatic rings. The summed E-state index contributed by atoms with van der Waals surface area (Å²) in [7, 11) is 3.13. The Morgan fingerprint density at radius 1 is 1.19 bits per heavy atom.